The maximum absolute atomic E-state index is 12.8. The lowest BCUT2D eigenvalue weighted by Crippen LogP contribution is -2.08. The maximum atomic E-state index is 12.8. The predicted molar refractivity (Wildman–Crippen MR) is 64.8 cm³/mol. The third-order valence-corrected chi connectivity index (χ3v) is 2.58. The number of benzene rings is 1. The van der Waals surface area contributed by atoms with Crippen LogP contribution in [0.1, 0.15) is 5.56 Å². The van der Waals surface area contributed by atoms with Crippen LogP contribution in [0.25, 0.3) is 0 Å². The van der Waals surface area contributed by atoms with Crippen molar-refractivity contribution in [2.24, 2.45) is 4.99 Å². The highest BCUT2D eigenvalue weighted by atomic mass is 35.5. The van der Waals surface area contributed by atoms with Crippen molar-refractivity contribution < 1.29 is 13.2 Å². The first kappa shape index (κ1) is 13.8. The Bertz CT molecular complexity index is 608. The van der Waals surface area contributed by atoms with Gasteiger partial charge in [0.25, 0.3) is 0 Å². The van der Waals surface area contributed by atoms with Crippen LogP contribution >= 0.6 is 23.2 Å². The van der Waals surface area contributed by atoms with Crippen molar-refractivity contribution in [3.63, 3.8) is 0 Å². The van der Waals surface area contributed by atoms with Crippen LogP contribution in [0.5, 0.6) is 0 Å². The third-order valence-electron chi connectivity index (χ3n) is 2.08. The van der Waals surface area contributed by atoms with Crippen LogP contribution in [0, 0.1) is 0 Å². The number of halogens is 5. The van der Waals surface area contributed by atoms with Crippen molar-refractivity contribution in [3.05, 3.63) is 41.4 Å². The van der Waals surface area contributed by atoms with Gasteiger partial charge in [-0.15, -0.1) is 0 Å². The molecule has 1 aromatic heterocycles. The molecular formula is C10H5Cl2F3N4. The fourth-order valence-corrected chi connectivity index (χ4v) is 1.64. The molecule has 100 valence electrons. The van der Waals surface area contributed by atoms with Gasteiger partial charge in [0.2, 0.25) is 5.29 Å². The summed E-state index contributed by atoms with van der Waals surface area (Å²) >= 11 is 11.3. The molecule has 0 saturated carbocycles. The second-order valence-electron chi connectivity index (χ2n) is 3.38. The molecule has 0 saturated heterocycles. The standard InChI is InChI=1S/C10H5Cl2F3N4/c11-6-1-2-8(7(3-6)10(13,14)15)18-9(12)19-5-16-4-17-19/h1-5H. The number of hydrogen-bond donors (Lipinski definition) is 0. The molecule has 9 heteroatoms. The minimum Gasteiger partial charge on any atom is -0.223 e. The van der Waals surface area contributed by atoms with E-state index in [9.17, 15) is 13.2 Å². The Morgan fingerprint density at radius 1 is 1.32 bits per heavy atom. The van der Waals surface area contributed by atoms with Crippen molar-refractivity contribution in [3.8, 4) is 0 Å². The van der Waals surface area contributed by atoms with E-state index in [1.165, 1.54) is 18.7 Å². The lowest BCUT2D eigenvalue weighted by atomic mass is 10.2. The zero-order chi connectivity index (χ0) is 14.0. The number of nitrogens with zero attached hydrogens (tertiary/aromatic N) is 4. The van der Waals surface area contributed by atoms with Gasteiger partial charge in [0.05, 0.1) is 11.3 Å². The van der Waals surface area contributed by atoms with Crippen molar-refractivity contribution in [1.29, 1.82) is 0 Å². The molecule has 1 heterocycles. The average Bonchev–Trinajstić information content (AvgIpc) is 2.83. The van der Waals surface area contributed by atoms with E-state index in [-0.39, 0.29) is 16.0 Å². The van der Waals surface area contributed by atoms with Gasteiger partial charge in [-0.2, -0.15) is 23.0 Å². The van der Waals surface area contributed by atoms with Crippen molar-refractivity contribution in [2.75, 3.05) is 0 Å². The quantitative estimate of drug-likeness (QED) is 0.595. The van der Waals surface area contributed by atoms with E-state index in [0.717, 1.165) is 16.8 Å². The van der Waals surface area contributed by atoms with Gasteiger partial charge < -0.3 is 0 Å². The molecule has 2 rings (SSSR count). The summed E-state index contributed by atoms with van der Waals surface area (Å²) in [5.74, 6) is 0. The van der Waals surface area contributed by atoms with Crippen LogP contribution in [0.15, 0.2) is 35.8 Å². The second kappa shape index (κ2) is 5.18. The van der Waals surface area contributed by atoms with Crippen molar-refractivity contribution in [1.82, 2.24) is 14.8 Å². The molecule has 1 aromatic carbocycles. The second-order valence-corrected chi connectivity index (χ2v) is 4.15. The molecule has 2 aromatic rings. The van der Waals surface area contributed by atoms with Gasteiger partial charge in [0.15, 0.2) is 0 Å². The first-order valence-corrected chi connectivity index (χ1v) is 5.59. The predicted octanol–water partition coefficient (Wildman–Crippen LogP) is 3.72. The molecule has 0 N–H and O–H groups in total. The molecule has 0 fully saturated rings. The first-order chi connectivity index (χ1) is 8.88. The highest BCUT2D eigenvalue weighted by Crippen LogP contribution is 2.38. The molecule has 0 bridgehead atoms. The van der Waals surface area contributed by atoms with E-state index in [0.29, 0.717) is 0 Å². The Hall–Kier alpha value is -1.60. The molecule has 0 spiro atoms. The Morgan fingerprint density at radius 2 is 2.05 bits per heavy atom. The zero-order valence-corrected chi connectivity index (χ0v) is 10.6. The topological polar surface area (TPSA) is 43.1 Å². The van der Waals surface area contributed by atoms with Crippen LogP contribution in [-0.4, -0.2) is 20.1 Å². The van der Waals surface area contributed by atoms with E-state index >= 15 is 0 Å². The van der Waals surface area contributed by atoms with Gasteiger partial charge in [-0.25, -0.2) is 9.98 Å². The number of hydrogen-bond acceptors (Lipinski definition) is 3. The van der Waals surface area contributed by atoms with Gasteiger partial charge in [0, 0.05) is 5.02 Å². The first-order valence-electron chi connectivity index (χ1n) is 4.84. The highest BCUT2D eigenvalue weighted by molar-refractivity contribution is 6.65. The van der Waals surface area contributed by atoms with Crippen LogP contribution in [-0.2, 0) is 6.18 Å². The minimum absolute atomic E-state index is 0.0387. The zero-order valence-electron chi connectivity index (χ0n) is 9.07. The highest BCUT2D eigenvalue weighted by Gasteiger charge is 2.34. The number of aliphatic imine (C=N–C) groups is 1. The summed E-state index contributed by atoms with van der Waals surface area (Å²) < 4.78 is 39.5. The summed E-state index contributed by atoms with van der Waals surface area (Å²) in [5, 5.41) is 3.36. The van der Waals surface area contributed by atoms with Gasteiger partial charge in [-0.3, -0.25) is 0 Å². The van der Waals surface area contributed by atoms with Crippen LogP contribution in [0.2, 0.25) is 5.02 Å². The fourth-order valence-electron chi connectivity index (χ4n) is 1.29. The van der Waals surface area contributed by atoms with E-state index in [1.54, 1.807) is 0 Å². The van der Waals surface area contributed by atoms with Gasteiger partial charge in [-0.1, -0.05) is 11.6 Å². The van der Waals surface area contributed by atoms with Gasteiger partial charge >= 0.3 is 6.18 Å². The molecule has 0 unspecified atom stereocenters. The molecule has 0 aliphatic carbocycles. The smallest absolute Gasteiger partial charge is 0.223 e. The molecule has 0 radical (unpaired) electrons. The van der Waals surface area contributed by atoms with Crippen molar-refractivity contribution >= 4 is 34.2 Å². The minimum atomic E-state index is -4.58. The maximum Gasteiger partial charge on any atom is 0.418 e. The SMILES string of the molecule is FC(F)(F)c1cc(Cl)ccc1N=C(Cl)n1cncn1. The van der Waals surface area contributed by atoms with Gasteiger partial charge in [-0.05, 0) is 29.8 Å². The van der Waals surface area contributed by atoms with E-state index in [2.05, 4.69) is 15.1 Å². The summed E-state index contributed by atoms with van der Waals surface area (Å²) in [7, 11) is 0. The molecule has 0 aliphatic heterocycles. The summed E-state index contributed by atoms with van der Waals surface area (Å²) in [5.41, 5.74) is -1.32. The number of alkyl halides is 3. The van der Waals surface area contributed by atoms with Crippen LogP contribution in [0.4, 0.5) is 18.9 Å². The van der Waals surface area contributed by atoms with Crippen LogP contribution in [0.3, 0.4) is 0 Å². The van der Waals surface area contributed by atoms with E-state index < -0.39 is 11.7 Å². The van der Waals surface area contributed by atoms with Crippen LogP contribution < -0.4 is 0 Å². The monoisotopic (exact) mass is 308 g/mol. The average molecular weight is 309 g/mol. The Balaban J connectivity index is 2.49. The normalized spacial score (nSPS) is 12.8. The Kier molecular flexibility index (Phi) is 3.77. The molecule has 0 atom stereocenters. The Morgan fingerprint density at radius 3 is 2.63 bits per heavy atom. The summed E-state index contributed by atoms with van der Waals surface area (Å²) in [6, 6.07) is 3.21. The lowest BCUT2D eigenvalue weighted by Gasteiger charge is -2.10. The third kappa shape index (κ3) is 3.24. The van der Waals surface area contributed by atoms with E-state index in [4.69, 9.17) is 23.2 Å². The number of aromatic nitrogens is 3. The van der Waals surface area contributed by atoms with Crippen molar-refractivity contribution in [2.45, 2.75) is 6.18 Å². The summed E-state index contributed by atoms with van der Waals surface area (Å²) in [4.78, 5) is 7.29. The molecule has 0 aliphatic rings. The van der Waals surface area contributed by atoms with Gasteiger partial charge in [0.1, 0.15) is 12.7 Å². The molecular weight excluding hydrogens is 304 g/mol. The largest absolute Gasteiger partial charge is 0.418 e. The summed E-state index contributed by atoms with van der Waals surface area (Å²) in [6.45, 7) is 0. The molecule has 19 heavy (non-hydrogen) atoms. The number of rotatable bonds is 1. The lowest BCUT2D eigenvalue weighted by molar-refractivity contribution is -0.137. The Labute approximate surface area is 115 Å². The summed E-state index contributed by atoms with van der Waals surface area (Å²) in [6.07, 6.45) is -2.18. The molecule has 4 nitrogen and oxygen atoms in total. The fraction of sp³-hybridized carbons (Fsp3) is 0.100. The van der Waals surface area contributed by atoms with E-state index in [1.807, 2.05) is 0 Å². The molecule has 0 amide bonds.